The minimum absolute atomic E-state index is 0. The fraction of sp³-hybridized carbons (Fsp3) is 0.167. The number of nitrogens with zero attached hydrogens (tertiary/aromatic N) is 3. The fourth-order valence-corrected chi connectivity index (χ4v) is 2.68. The van der Waals surface area contributed by atoms with Gasteiger partial charge in [0.15, 0.2) is 5.78 Å². The number of carbonyl (C=O) groups is 1. The molecule has 0 aliphatic carbocycles. The minimum atomic E-state index is -0.513. The molecule has 0 spiro atoms. The number of hydrogen-bond acceptors (Lipinski definition) is 3. The molecule has 0 bridgehead atoms. The summed E-state index contributed by atoms with van der Waals surface area (Å²) in [4.78, 5) is 16.7. The number of benzene rings is 1. The van der Waals surface area contributed by atoms with Crippen molar-refractivity contribution in [2.75, 3.05) is 0 Å². The smallest absolute Gasteiger partial charge is 0.182 e. The topological polar surface area (TPSA) is 58.7 Å². The Balaban J connectivity index is 0.00000225. The average Bonchev–Trinajstić information content (AvgIpc) is 2.85. The SMILES string of the molecule is Cc1nc2n(CC(=O)c3ccc(F)cc3)cc(F)cc-2c1CC#N.Cl. The fourth-order valence-electron chi connectivity index (χ4n) is 2.68. The number of nitriles is 1. The van der Waals surface area contributed by atoms with Crippen molar-refractivity contribution in [3.63, 3.8) is 0 Å². The summed E-state index contributed by atoms with van der Waals surface area (Å²) < 4.78 is 28.3. The number of carbonyl (C=O) groups excluding carboxylic acids is 1. The second kappa shape index (κ2) is 7.41. The number of rotatable bonds is 4. The summed E-state index contributed by atoms with van der Waals surface area (Å²) in [5.74, 6) is -0.771. The molecule has 128 valence electrons. The number of pyridine rings is 1. The molecule has 2 heterocycles. The highest BCUT2D eigenvalue weighted by Crippen LogP contribution is 2.29. The van der Waals surface area contributed by atoms with Gasteiger partial charge in [-0.15, -0.1) is 12.4 Å². The third kappa shape index (κ3) is 3.67. The molecule has 2 aliphatic rings. The molecule has 0 atom stereocenters. The zero-order chi connectivity index (χ0) is 17.3. The molecule has 3 rings (SSSR count). The maximum Gasteiger partial charge on any atom is 0.182 e. The lowest BCUT2D eigenvalue weighted by Crippen LogP contribution is -2.14. The Hall–Kier alpha value is -2.78. The highest BCUT2D eigenvalue weighted by molar-refractivity contribution is 5.96. The van der Waals surface area contributed by atoms with E-state index in [2.05, 4.69) is 4.98 Å². The van der Waals surface area contributed by atoms with E-state index in [1.54, 1.807) is 6.92 Å². The van der Waals surface area contributed by atoms with E-state index < -0.39 is 11.6 Å². The van der Waals surface area contributed by atoms with Crippen molar-refractivity contribution in [1.29, 1.82) is 5.26 Å². The summed E-state index contributed by atoms with van der Waals surface area (Å²) in [6, 6.07) is 8.54. The zero-order valence-electron chi connectivity index (χ0n) is 13.3. The predicted molar refractivity (Wildman–Crippen MR) is 90.8 cm³/mol. The Labute approximate surface area is 149 Å². The van der Waals surface area contributed by atoms with E-state index in [0.717, 1.165) is 0 Å². The van der Waals surface area contributed by atoms with E-state index in [4.69, 9.17) is 5.26 Å². The standard InChI is InChI=1S/C18H13F2N3O.ClH/c1-11-15(6-7-21)16-8-14(20)9-23(18(16)22-11)10-17(24)12-2-4-13(19)5-3-12;/h2-5,8-9H,6,10H2,1H3;1H. The van der Waals surface area contributed by atoms with Crippen LogP contribution in [0.1, 0.15) is 21.6 Å². The van der Waals surface area contributed by atoms with Crippen LogP contribution in [0.4, 0.5) is 8.78 Å². The third-order valence-electron chi connectivity index (χ3n) is 3.85. The first-order valence-electron chi connectivity index (χ1n) is 7.30. The van der Waals surface area contributed by atoms with E-state index >= 15 is 0 Å². The van der Waals surface area contributed by atoms with Gasteiger partial charge in [-0.3, -0.25) is 4.79 Å². The molecule has 7 heteroatoms. The van der Waals surface area contributed by atoms with Crippen molar-refractivity contribution in [2.45, 2.75) is 19.9 Å². The molecule has 0 radical (unpaired) electrons. The summed E-state index contributed by atoms with van der Waals surface area (Å²) in [5, 5.41) is 8.91. The van der Waals surface area contributed by atoms with Gasteiger partial charge in [0.05, 0.1) is 19.0 Å². The summed E-state index contributed by atoms with van der Waals surface area (Å²) >= 11 is 0. The van der Waals surface area contributed by atoms with Gasteiger partial charge in [-0.1, -0.05) is 0 Å². The maximum atomic E-state index is 13.9. The van der Waals surface area contributed by atoms with E-state index in [1.165, 1.54) is 41.1 Å². The first-order chi connectivity index (χ1) is 11.5. The number of hydrogen-bond donors (Lipinski definition) is 0. The lowest BCUT2D eigenvalue weighted by Gasteiger charge is -2.12. The number of Topliss-reactive ketones (excluding diaryl/α,β-unsaturated/α-hetero) is 1. The van der Waals surface area contributed by atoms with E-state index in [-0.39, 0.29) is 31.2 Å². The lowest BCUT2D eigenvalue weighted by molar-refractivity contribution is 0.0972. The Morgan fingerprint density at radius 1 is 1.24 bits per heavy atom. The Kier molecular flexibility index (Phi) is 5.50. The zero-order valence-corrected chi connectivity index (χ0v) is 14.1. The second-order valence-electron chi connectivity index (χ2n) is 5.46. The average molecular weight is 362 g/mol. The Morgan fingerprint density at radius 3 is 2.56 bits per heavy atom. The summed E-state index contributed by atoms with van der Waals surface area (Å²) in [7, 11) is 0. The van der Waals surface area contributed by atoms with Crippen molar-refractivity contribution in [2.24, 2.45) is 0 Å². The molecule has 0 N–H and O–H groups in total. The second-order valence-corrected chi connectivity index (χ2v) is 5.46. The summed E-state index contributed by atoms with van der Waals surface area (Å²) in [5.41, 5.74) is 2.16. The number of ketones is 1. The first kappa shape index (κ1) is 18.6. The summed E-state index contributed by atoms with van der Waals surface area (Å²) in [6.45, 7) is 1.62. The molecule has 25 heavy (non-hydrogen) atoms. The van der Waals surface area contributed by atoms with Crippen molar-refractivity contribution in [1.82, 2.24) is 9.55 Å². The van der Waals surface area contributed by atoms with Crippen LogP contribution in [0.2, 0.25) is 0 Å². The van der Waals surface area contributed by atoms with Gasteiger partial charge in [0.1, 0.15) is 17.5 Å². The molecule has 4 nitrogen and oxygen atoms in total. The molecule has 0 amide bonds. The number of aromatic nitrogens is 2. The molecule has 0 saturated carbocycles. The number of halogens is 3. The molecule has 1 aromatic rings. The largest absolute Gasteiger partial charge is 0.322 e. The van der Waals surface area contributed by atoms with Crippen LogP contribution in [-0.2, 0) is 13.0 Å². The van der Waals surface area contributed by atoms with Gasteiger partial charge in [-0.25, -0.2) is 13.8 Å². The van der Waals surface area contributed by atoms with Gasteiger partial charge in [0, 0.05) is 23.0 Å². The molecular weight excluding hydrogens is 348 g/mol. The Morgan fingerprint density at radius 2 is 1.92 bits per heavy atom. The maximum absolute atomic E-state index is 13.9. The highest BCUT2D eigenvalue weighted by atomic mass is 35.5. The quantitative estimate of drug-likeness (QED) is 0.661. The van der Waals surface area contributed by atoms with Crippen LogP contribution in [0.5, 0.6) is 0 Å². The lowest BCUT2D eigenvalue weighted by atomic mass is 10.1. The van der Waals surface area contributed by atoms with Gasteiger partial charge in [0.2, 0.25) is 0 Å². The molecule has 0 fully saturated rings. The normalized spacial score (nSPS) is 10.3. The number of fused-ring (bicyclic) bond motifs is 1. The molecule has 0 aromatic heterocycles. The van der Waals surface area contributed by atoms with Crippen molar-refractivity contribution in [3.05, 3.63) is 65.0 Å². The van der Waals surface area contributed by atoms with E-state index in [1.807, 2.05) is 6.07 Å². The minimum Gasteiger partial charge on any atom is -0.322 e. The molecule has 0 saturated heterocycles. The molecule has 1 aromatic carbocycles. The van der Waals surface area contributed by atoms with Gasteiger partial charge < -0.3 is 4.57 Å². The third-order valence-corrected chi connectivity index (χ3v) is 3.85. The van der Waals surface area contributed by atoms with Crippen LogP contribution in [0, 0.1) is 29.9 Å². The van der Waals surface area contributed by atoms with Gasteiger partial charge in [-0.2, -0.15) is 5.26 Å². The van der Waals surface area contributed by atoms with Crippen LogP contribution < -0.4 is 0 Å². The summed E-state index contributed by atoms with van der Waals surface area (Å²) in [6.07, 6.45) is 1.32. The molecule has 2 aliphatic heterocycles. The van der Waals surface area contributed by atoms with Crippen molar-refractivity contribution in [3.8, 4) is 17.5 Å². The van der Waals surface area contributed by atoms with Crippen LogP contribution in [0.25, 0.3) is 11.4 Å². The van der Waals surface area contributed by atoms with E-state index in [9.17, 15) is 13.6 Å². The van der Waals surface area contributed by atoms with Crippen LogP contribution in [0.15, 0.2) is 36.5 Å². The van der Waals surface area contributed by atoms with Gasteiger partial charge >= 0.3 is 0 Å². The van der Waals surface area contributed by atoms with Crippen LogP contribution >= 0.6 is 12.4 Å². The van der Waals surface area contributed by atoms with E-state index in [0.29, 0.717) is 28.2 Å². The monoisotopic (exact) mass is 361 g/mol. The molecule has 0 unspecified atom stereocenters. The van der Waals surface area contributed by atoms with Crippen molar-refractivity contribution >= 4 is 18.2 Å². The van der Waals surface area contributed by atoms with Crippen LogP contribution in [0.3, 0.4) is 0 Å². The first-order valence-corrected chi connectivity index (χ1v) is 7.30. The number of aryl methyl sites for hydroxylation is 1. The van der Waals surface area contributed by atoms with Crippen molar-refractivity contribution < 1.29 is 13.6 Å². The van der Waals surface area contributed by atoms with Gasteiger partial charge in [0.25, 0.3) is 0 Å². The highest BCUT2D eigenvalue weighted by Gasteiger charge is 2.21. The predicted octanol–water partition coefficient (Wildman–Crippen LogP) is 3.95. The Bertz CT molecular complexity index is 929. The molecular formula is C18H14ClF2N3O. The van der Waals surface area contributed by atoms with Gasteiger partial charge in [-0.05, 0) is 42.8 Å². The van der Waals surface area contributed by atoms with Crippen LogP contribution in [-0.4, -0.2) is 15.3 Å².